The van der Waals surface area contributed by atoms with Crippen molar-refractivity contribution in [3.05, 3.63) is 0 Å². The third-order valence-corrected chi connectivity index (χ3v) is 2.52. The molecular weight excluding hydrogens is 180 g/mol. The van der Waals surface area contributed by atoms with Crippen LogP contribution >= 0.6 is 0 Å². The van der Waals surface area contributed by atoms with Crippen LogP contribution in [0.5, 0.6) is 0 Å². The van der Waals surface area contributed by atoms with Crippen LogP contribution in [0.15, 0.2) is 0 Å². The molecule has 0 radical (unpaired) electrons. The van der Waals surface area contributed by atoms with Gasteiger partial charge in [0.2, 0.25) is 0 Å². The summed E-state index contributed by atoms with van der Waals surface area (Å²) in [4.78, 5) is 0. The molecule has 1 N–H and O–H groups in total. The molecule has 0 spiro atoms. The maximum atomic E-state index is 8.64. The van der Waals surface area contributed by atoms with Crippen LogP contribution in [0.4, 0.5) is 0 Å². The summed E-state index contributed by atoms with van der Waals surface area (Å²) < 4.78 is 11.2. The van der Waals surface area contributed by atoms with Gasteiger partial charge in [-0.25, -0.2) is 0 Å². The van der Waals surface area contributed by atoms with Crippen LogP contribution in [-0.4, -0.2) is 30.2 Å². The van der Waals surface area contributed by atoms with Crippen LogP contribution in [0.25, 0.3) is 0 Å². The molecule has 1 heterocycles. The molecular formula is C11H22O3. The second kappa shape index (κ2) is 5.69. The lowest BCUT2D eigenvalue weighted by atomic mass is 10.1. The fourth-order valence-corrected chi connectivity index (χ4v) is 1.79. The van der Waals surface area contributed by atoms with Crippen LogP contribution in [0.1, 0.15) is 46.0 Å². The first-order chi connectivity index (χ1) is 6.64. The molecule has 0 aromatic carbocycles. The number of unbranched alkanes of at least 4 members (excludes halogenated alkanes) is 2. The summed E-state index contributed by atoms with van der Waals surface area (Å²) >= 11 is 0. The molecule has 0 saturated carbocycles. The Labute approximate surface area is 86.4 Å². The lowest BCUT2D eigenvalue weighted by molar-refractivity contribution is -0.274. The van der Waals surface area contributed by atoms with Gasteiger partial charge in [-0.2, -0.15) is 0 Å². The minimum atomic E-state index is -0.403. The fourth-order valence-electron chi connectivity index (χ4n) is 1.79. The third kappa shape index (κ3) is 4.40. The topological polar surface area (TPSA) is 38.7 Å². The average molecular weight is 202 g/mol. The van der Waals surface area contributed by atoms with E-state index in [1.165, 1.54) is 0 Å². The largest absolute Gasteiger partial charge is 0.396 e. The second-order valence-electron chi connectivity index (χ2n) is 4.35. The first kappa shape index (κ1) is 12.0. The number of rotatable bonds is 5. The summed E-state index contributed by atoms with van der Waals surface area (Å²) in [7, 11) is 0. The van der Waals surface area contributed by atoms with Gasteiger partial charge in [0.25, 0.3) is 0 Å². The van der Waals surface area contributed by atoms with E-state index in [1.807, 2.05) is 13.8 Å². The van der Waals surface area contributed by atoms with E-state index in [9.17, 15) is 0 Å². The summed E-state index contributed by atoms with van der Waals surface area (Å²) in [6.45, 7) is 5.04. The van der Waals surface area contributed by atoms with E-state index in [0.29, 0.717) is 12.7 Å². The zero-order chi connectivity index (χ0) is 10.4. The molecule has 0 aromatic rings. The summed E-state index contributed by atoms with van der Waals surface area (Å²) in [5, 5.41) is 8.64. The number of aliphatic hydroxyl groups excluding tert-OH is 1. The van der Waals surface area contributed by atoms with Gasteiger partial charge in [-0.05, 0) is 33.1 Å². The van der Waals surface area contributed by atoms with Crippen molar-refractivity contribution in [3.63, 3.8) is 0 Å². The van der Waals surface area contributed by atoms with Crippen LogP contribution in [0.3, 0.4) is 0 Å². The molecule has 84 valence electrons. The van der Waals surface area contributed by atoms with Gasteiger partial charge >= 0.3 is 0 Å². The zero-order valence-electron chi connectivity index (χ0n) is 9.29. The number of hydrogen-bond acceptors (Lipinski definition) is 3. The van der Waals surface area contributed by atoms with Gasteiger partial charge in [0.15, 0.2) is 5.79 Å². The summed E-state index contributed by atoms with van der Waals surface area (Å²) in [6, 6.07) is 0. The lowest BCUT2D eigenvalue weighted by Crippen LogP contribution is -2.39. The predicted octanol–water partition coefficient (Wildman–Crippen LogP) is 2.08. The molecule has 3 nitrogen and oxygen atoms in total. The molecule has 0 aromatic heterocycles. The van der Waals surface area contributed by atoms with Crippen molar-refractivity contribution < 1.29 is 14.6 Å². The van der Waals surface area contributed by atoms with Gasteiger partial charge in [0.05, 0.1) is 12.7 Å². The molecule has 14 heavy (non-hydrogen) atoms. The number of ether oxygens (including phenoxy) is 2. The van der Waals surface area contributed by atoms with Crippen molar-refractivity contribution >= 4 is 0 Å². The van der Waals surface area contributed by atoms with E-state index in [0.717, 1.165) is 38.7 Å². The highest BCUT2D eigenvalue weighted by Gasteiger charge is 2.28. The van der Waals surface area contributed by atoms with Crippen LogP contribution in [-0.2, 0) is 9.47 Å². The molecule has 1 atom stereocenters. The Kier molecular flexibility index (Phi) is 4.85. The Hall–Kier alpha value is -0.120. The summed E-state index contributed by atoms with van der Waals surface area (Å²) in [6.07, 6.45) is 5.58. The maximum absolute atomic E-state index is 8.64. The highest BCUT2D eigenvalue weighted by Crippen LogP contribution is 2.24. The quantitative estimate of drug-likeness (QED) is 0.694. The molecule has 0 unspecified atom stereocenters. The van der Waals surface area contributed by atoms with Gasteiger partial charge in [-0.15, -0.1) is 0 Å². The minimum Gasteiger partial charge on any atom is -0.396 e. The van der Waals surface area contributed by atoms with Crippen LogP contribution < -0.4 is 0 Å². The van der Waals surface area contributed by atoms with Gasteiger partial charge in [0, 0.05) is 6.61 Å². The van der Waals surface area contributed by atoms with E-state index < -0.39 is 5.79 Å². The Balaban J connectivity index is 2.12. The number of hydrogen-bond donors (Lipinski definition) is 1. The standard InChI is InChI=1S/C11H22O3/c1-11(2)13-9-7-10(14-11)6-4-3-5-8-12/h10,12H,3-9H2,1-2H3/t10-/m0/s1. The fraction of sp³-hybridized carbons (Fsp3) is 1.00. The van der Waals surface area contributed by atoms with E-state index in [2.05, 4.69) is 0 Å². The van der Waals surface area contributed by atoms with E-state index in [-0.39, 0.29) is 0 Å². The van der Waals surface area contributed by atoms with Crippen LogP contribution in [0.2, 0.25) is 0 Å². The van der Waals surface area contributed by atoms with Crippen molar-refractivity contribution in [3.8, 4) is 0 Å². The Morgan fingerprint density at radius 2 is 2.07 bits per heavy atom. The highest BCUT2D eigenvalue weighted by molar-refractivity contribution is 4.68. The highest BCUT2D eigenvalue weighted by atomic mass is 16.7. The second-order valence-corrected chi connectivity index (χ2v) is 4.35. The van der Waals surface area contributed by atoms with Crippen molar-refractivity contribution in [1.82, 2.24) is 0 Å². The van der Waals surface area contributed by atoms with E-state index in [1.54, 1.807) is 0 Å². The molecule has 0 aliphatic carbocycles. The van der Waals surface area contributed by atoms with Gasteiger partial charge in [0.1, 0.15) is 0 Å². The Morgan fingerprint density at radius 3 is 2.71 bits per heavy atom. The molecule has 0 bridgehead atoms. The lowest BCUT2D eigenvalue weighted by Gasteiger charge is -2.36. The molecule has 1 aliphatic heterocycles. The van der Waals surface area contributed by atoms with Gasteiger partial charge in [-0.1, -0.05) is 12.8 Å². The molecule has 0 amide bonds. The summed E-state index contributed by atoms with van der Waals surface area (Å²) in [5.74, 6) is -0.403. The first-order valence-electron chi connectivity index (χ1n) is 5.57. The normalized spacial score (nSPS) is 26.4. The average Bonchev–Trinajstić information content (AvgIpc) is 2.11. The Morgan fingerprint density at radius 1 is 1.29 bits per heavy atom. The van der Waals surface area contributed by atoms with Crippen molar-refractivity contribution in [2.75, 3.05) is 13.2 Å². The number of aliphatic hydroxyl groups is 1. The molecule has 1 saturated heterocycles. The minimum absolute atomic E-state index is 0.306. The third-order valence-electron chi connectivity index (χ3n) is 2.52. The molecule has 1 fully saturated rings. The van der Waals surface area contributed by atoms with Crippen molar-refractivity contribution in [1.29, 1.82) is 0 Å². The van der Waals surface area contributed by atoms with E-state index >= 15 is 0 Å². The SMILES string of the molecule is CC1(C)OCC[C@H](CCCCCO)O1. The Bertz CT molecular complexity index is 157. The zero-order valence-corrected chi connectivity index (χ0v) is 9.29. The first-order valence-corrected chi connectivity index (χ1v) is 5.57. The summed E-state index contributed by atoms with van der Waals surface area (Å²) in [5.41, 5.74) is 0. The monoisotopic (exact) mass is 202 g/mol. The van der Waals surface area contributed by atoms with E-state index in [4.69, 9.17) is 14.6 Å². The molecule has 1 rings (SSSR count). The maximum Gasteiger partial charge on any atom is 0.163 e. The van der Waals surface area contributed by atoms with Gasteiger partial charge < -0.3 is 14.6 Å². The van der Waals surface area contributed by atoms with Gasteiger partial charge in [-0.3, -0.25) is 0 Å². The van der Waals surface area contributed by atoms with Crippen molar-refractivity contribution in [2.45, 2.75) is 57.8 Å². The van der Waals surface area contributed by atoms with Crippen molar-refractivity contribution in [2.24, 2.45) is 0 Å². The molecule has 1 aliphatic rings. The van der Waals surface area contributed by atoms with Crippen LogP contribution in [0, 0.1) is 0 Å². The molecule has 3 heteroatoms. The predicted molar refractivity (Wildman–Crippen MR) is 55.1 cm³/mol. The smallest absolute Gasteiger partial charge is 0.163 e.